The van der Waals surface area contributed by atoms with E-state index < -0.39 is 0 Å². The lowest BCUT2D eigenvalue weighted by Crippen LogP contribution is -2.54. The Labute approximate surface area is 154 Å². The number of aromatic amines is 1. The number of hydrogen-bond donors (Lipinski definition) is 1. The number of H-pyrrole nitrogens is 1. The fourth-order valence-electron chi connectivity index (χ4n) is 7.94. The average Bonchev–Trinajstić information content (AvgIpc) is 3.13. The van der Waals surface area contributed by atoms with Gasteiger partial charge >= 0.3 is 0 Å². The molecule has 0 spiro atoms. The second-order valence-electron chi connectivity index (χ2n) is 10.7. The van der Waals surface area contributed by atoms with Gasteiger partial charge in [-0.2, -0.15) is 0 Å². The molecule has 5 atom stereocenters. The molecule has 3 aliphatic rings. The molecule has 0 unspecified atom stereocenters. The molecule has 4 rings (SSSR count). The van der Waals surface area contributed by atoms with Gasteiger partial charge in [0.25, 0.3) is 0 Å². The quantitative estimate of drug-likeness (QED) is 0.585. The van der Waals surface area contributed by atoms with E-state index in [2.05, 4.69) is 51.4 Å². The molecule has 1 heterocycles. The van der Waals surface area contributed by atoms with Crippen LogP contribution in [0.15, 0.2) is 30.5 Å². The molecule has 1 aromatic rings. The molecule has 1 N–H and O–H groups in total. The summed E-state index contributed by atoms with van der Waals surface area (Å²) in [6, 6.07) is 4.32. The number of allylic oxidation sites excluding steroid dienone is 1. The first-order chi connectivity index (χ1) is 11.8. The topological polar surface area (TPSA) is 15.8 Å². The Bertz CT molecular complexity index is 639. The maximum absolute atomic E-state index is 4.58. The van der Waals surface area contributed by atoms with Crippen LogP contribution in [0.4, 0.5) is 0 Å². The van der Waals surface area contributed by atoms with E-state index in [1.54, 1.807) is 0 Å². The van der Waals surface area contributed by atoms with Crippen LogP contribution in [0.1, 0.15) is 78.3 Å². The summed E-state index contributed by atoms with van der Waals surface area (Å²) in [5.41, 5.74) is 4.37. The molecule has 3 fully saturated rings. The molecule has 25 heavy (non-hydrogen) atoms. The van der Waals surface area contributed by atoms with E-state index in [9.17, 15) is 0 Å². The zero-order valence-electron chi connectivity index (χ0n) is 16.8. The number of nitrogens with one attached hydrogen (secondary N) is 1. The van der Waals surface area contributed by atoms with Crippen LogP contribution in [0.2, 0.25) is 0 Å². The summed E-state index contributed by atoms with van der Waals surface area (Å²) in [6.07, 6.45) is 13.0. The smallest absolute Gasteiger partial charge is 0.0188 e. The molecular formula is C24H37N. The zero-order valence-corrected chi connectivity index (χ0v) is 16.8. The number of rotatable bonds is 3. The maximum Gasteiger partial charge on any atom is 0.0188 e. The highest BCUT2D eigenvalue weighted by atomic mass is 14.7. The first kappa shape index (κ1) is 17.4. The summed E-state index contributed by atoms with van der Waals surface area (Å²) >= 11 is 0. The van der Waals surface area contributed by atoms with E-state index in [0.29, 0.717) is 22.2 Å². The average molecular weight is 340 g/mol. The molecule has 0 aromatic carbocycles. The Morgan fingerprint density at radius 2 is 1.84 bits per heavy atom. The van der Waals surface area contributed by atoms with Gasteiger partial charge in [-0.25, -0.2) is 0 Å². The van der Waals surface area contributed by atoms with Gasteiger partial charge < -0.3 is 4.98 Å². The number of fused-ring (bicyclic) bond motifs is 3. The lowest BCUT2D eigenvalue weighted by atomic mass is 9.43. The Morgan fingerprint density at radius 3 is 2.56 bits per heavy atom. The molecule has 0 bridgehead atoms. The van der Waals surface area contributed by atoms with E-state index in [4.69, 9.17) is 0 Å². The minimum Gasteiger partial charge on any atom is -0.365 e. The number of aromatic nitrogens is 1. The molecule has 0 saturated heterocycles. The Balaban J connectivity index is 1.60. The SMILES string of the molecule is C=C(Cc1ccc[nH]1)[C@H]1CC[C@H]2[C@@]1(C)CC[C@H]1C(C)(C)CCC[C@]21C. The van der Waals surface area contributed by atoms with E-state index >= 15 is 0 Å². The summed E-state index contributed by atoms with van der Waals surface area (Å²) in [4.78, 5) is 3.38. The van der Waals surface area contributed by atoms with E-state index in [1.807, 2.05) is 6.20 Å². The highest BCUT2D eigenvalue weighted by molar-refractivity contribution is 5.22. The van der Waals surface area contributed by atoms with Crippen LogP contribution in [0.5, 0.6) is 0 Å². The predicted octanol–water partition coefficient (Wildman–Crippen LogP) is 6.77. The molecule has 0 amide bonds. The van der Waals surface area contributed by atoms with Crippen LogP contribution in [0, 0.1) is 34.0 Å². The molecule has 1 aromatic heterocycles. The highest BCUT2D eigenvalue weighted by Crippen LogP contribution is 2.70. The van der Waals surface area contributed by atoms with E-state index in [0.717, 1.165) is 18.3 Å². The first-order valence-electron chi connectivity index (χ1n) is 10.6. The normalized spacial score (nSPS) is 42.6. The summed E-state index contributed by atoms with van der Waals surface area (Å²) in [6.45, 7) is 15.0. The minimum absolute atomic E-state index is 0.475. The fourth-order valence-corrected chi connectivity index (χ4v) is 7.94. The zero-order chi connectivity index (χ0) is 17.9. The first-order valence-corrected chi connectivity index (χ1v) is 10.6. The van der Waals surface area contributed by atoms with Crippen molar-refractivity contribution in [3.63, 3.8) is 0 Å². The molecule has 3 aliphatic carbocycles. The van der Waals surface area contributed by atoms with Gasteiger partial charge in [-0.15, -0.1) is 0 Å². The fraction of sp³-hybridized carbons (Fsp3) is 0.750. The Kier molecular flexibility index (Phi) is 4.02. The maximum atomic E-state index is 4.58. The lowest BCUT2D eigenvalue weighted by Gasteiger charge is -2.62. The van der Waals surface area contributed by atoms with Crippen molar-refractivity contribution in [1.29, 1.82) is 0 Å². The number of hydrogen-bond acceptors (Lipinski definition) is 0. The third-order valence-electron chi connectivity index (χ3n) is 8.95. The molecular weight excluding hydrogens is 302 g/mol. The van der Waals surface area contributed by atoms with Crippen molar-refractivity contribution in [2.75, 3.05) is 0 Å². The highest BCUT2D eigenvalue weighted by Gasteiger charge is 2.62. The van der Waals surface area contributed by atoms with Crippen LogP contribution >= 0.6 is 0 Å². The largest absolute Gasteiger partial charge is 0.365 e. The van der Waals surface area contributed by atoms with Gasteiger partial charge in [-0.1, -0.05) is 46.3 Å². The van der Waals surface area contributed by atoms with Gasteiger partial charge in [-0.3, -0.25) is 0 Å². The van der Waals surface area contributed by atoms with Crippen molar-refractivity contribution in [2.45, 2.75) is 79.1 Å². The van der Waals surface area contributed by atoms with E-state index in [-0.39, 0.29) is 0 Å². The third-order valence-corrected chi connectivity index (χ3v) is 8.95. The van der Waals surface area contributed by atoms with Gasteiger partial charge in [-0.05, 0) is 84.7 Å². The van der Waals surface area contributed by atoms with Gasteiger partial charge in [0.2, 0.25) is 0 Å². The Hall–Kier alpha value is -0.980. The van der Waals surface area contributed by atoms with Crippen LogP contribution in [-0.4, -0.2) is 4.98 Å². The van der Waals surface area contributed by atoms with Crippen molar-refractivity contribution >= 4 is 0 Å². The van der Waals surface area contributed by atoms with Crippen molar-refractivity contribution < 1.29 is 0 Å². The second-order valence-corrected chi connectivity index (χ2v) is 10.7. The van der Waals surface area contributed by atoms with E-state index in [1.165, 1.54) is 56.2 Å². The van der Waals surface area contributed by atoms with Crippen LogP contribution < -0.4 is 0 Å². The molecule has 0 aliphatic heterocycles. The molecule has 0 radical (unpaired) electrons. The molecule has 1 nitrogen and oxygen atoms in total. The van der Waals surface area contributed by atoms with Crippen molar-refractivity contribution in [3.8, 4) is 0 Å². The summed E-state index contributed by atoms with van der Waals surface area (Å²) in [7, 11) is 0. The van der Waals surface area contributed by atoms with Crippen molar-refractivity contribution in [2.24, 2.45) is 34.0 Å². The van der Waals surface area contributed by atoms with Gasteiger partial charge in [0.15, 0.2) is 0 Å². The summed E-state index contributed by atoms with van der Waals surface area (Å²) in [5.74, 6) is 2.52. The monoisotopic (exact) mass is 339 g/mol. The van der Waals surface area contributed by atoms with Gasteiger partial charge in [0, 0.05) is 18.3 Å². The minimum atomic E-state index is 0.475. The second kappa shape index (κ2) is 5.76. The molecule has 1 heteroatoms. The van der Waals surface area contributed by atoms with Gasteiger partial charge in [0.1, 0.15) is 0 Å². The van der Waals surface area contributed by atoms with Gasteiger partial charge in [0.05, 0.1) is 0 Å². The van der Waals surface area contributed by atoms with Crippen LogP contribution in [-0.2, 0) is 6.42 Å². The van der Waals surface area contributed by atoms with Crippen LogP contribution in [0.3, 0.4) is 0 Å². The molecule has 138 valence electrons. The Morgan fingerprint density at radius 1 is 1.04 bits per heavy atom. The van der Waals surface area contributed by atoms with Crippen molar-refractivity contribution in [1.82, 2.24) is 4.98 Å². The predicted molar refractivity (Wildman–Crippen MR) is 106 cm³/mol. The van der Waals surface area contributed by atoms with Crippen molar-refractivity contribution in [3.05, 3.63) is 36.2 Å². The van der Waals surface area contributed by atoms with Crippen LogP contribution in [0.25, 0.3) is 0 Å². The summed E-state index contributed by atoms with van der Waals surface area (Å²) in [5, 5.41) is 0. The standard InChI is InChI=1S/C24H37N/c1-17(16-18-8-6-15-25-18)19-9-10-21-23(19,4)14-11-20-22(2,3)12-7-13-24(20,21)5/h6,8,15,19-21,25H,1,7,9-14,16H2,2-5H3/t19-,20+,21+,23+,24+/m1/s1. The third kappa shape index (κ3) is 2.56. The lowest BCUT2D eigenvalue weighted by molar-refractivity contribution is -0.123. The summed E-state index contributed by atoms with van der Waals surface area (Å²) < 4.78 is 0. The molecule has 3 saturated carbocycles.